The van der Waals surface area contributed by atoms with Crippen LogP contribution in [-0.4, -0.2) is 14.6 Å². The first-order chi connectivity index (χ1) is 10.1. The minimum atomic E-state index is 0.355. The molecule has 5 heteroatoms. The molecule has 0 bridgehead atoms. The summed E-state index contributed by atoms with van der Waals surface area (Å²) in [4.78, 5) is 0. The molecule has 0 amide bonds. The second-order valence-corrected chi connectivity index (χ2v) is 5.24. The van der Waals surface area contributed by atoms with E-state index in [0.717, 1.165) is 34.0 Å². The molecule has 0 aliphatic heterocycles. The predicted molar refractivity (Wildman–Crippen MR) is 82.4 cm³/mol. The molecule has 0 atom stereocenters. The number of aromatic nitrogens is 3. The lowest BCUT2D eigenvalue weighted by Crippen LogP contribution is -2.04. The number of hydrogen-bond donors (Lipinski definition) is 1. The highest BCUT2D eigenvalue weighted by molar-refractivity contribution is 5.53. The van der Waals surface area contributed by atoms with Gasteiger partial charge in [0.2, 0.25) is 0 Å². The highest BCUT2D eigenvalue weighted by atomic mass is 16.5. The van der Waals surface area contributed by atoms with Crippen LogP contribution < -0.4 is 10.5 Å². The summed E-state index contributed by atoms with van der Waals surface area (Å²) in [6.07, 6.45) is 1.84. The summed E-state index contributed by atoms with van der Waals surface area (Å²) in [7, 11) is 0. The second-order valence-electron chi connectivity index (χ2n) is 5.24. The van der Waals surface area contributed by atoms with Gasteiger partial charge in [-0.05, 0) is 49.6 Å². The third-order valence-corrected chi connectivity index (χ3v) is 3.77. The number of hydrogen-bond acceptors (Lipinski definition) is 4. The highest BCUT2D eigenvalue weighted by Crippen LogP contribution is 2.22. The molecule has 1 aromatic carbocycles. The van der Waals surface area contributed by atoms with Crippen molar-refractivity contribution < 1.29 is 4.74 Å². The molecule has 0 aliphatic rings. The van der Waals surface area contributed by atoms with E-state index in [0.29, 0.717) is 6.61 Å². The van der Waals surface area contributed by atoms with Crippen LogP contribution in [0.1, 0.15) is 22.5 Å². The maximum Gasteiger partial charge on any atom is 0.175 e. The summed E-state index contributed by atoms with van der Waals surface area (Å²) in [5.41, 5.74) is 10.8. The average molecular weight is 282 g/mol. The van der Waals surface area contributed by atoms with E-state index in [-0.39, 0.29) is 0 Å². The molecule has 0 aliphatic carbocycles. The number of benzene rings is 1. The van der Waals surface area contributed by atoms with Crippen molar-refractivity contribution in [1.82, 2.24) is 14.6 Å². The molecule has 5 nitrogen and oxygen atoms in total. The lowest BCUT2D eigenvalue weighted by molar-refractivity contribution is 0.292. The van der Waals surface area contributed by atoms with Gasteiger partial charge in [-0.2, -0.15) is 0 Å². The van der Waals surface area contributed by atoms with Crippen LogP contribution in [0.3, 0.4) is 0 Å². The van der Waals surface area contributed by atoms with Gasteiger partial charge in [0.25, 0.3) is 0 Å². The molecule has 2 N–H and O–H groups in total. The lowest BCUT2D eigenvalue weighted by atomic mass is 10.1. The quantitative estimate of drug-likeness (QED) is 0.802. The molecule has 0 unspecified atom stereocenters. The van der Waals surface area contributed by atoms with Crippen molar-refractivity contribution in [3.05, 3.63) is 53.0 Å². The lowest BCUT2D eigenvalue weighted by Gasteiger charge is -2.10. The zero-order valence-electron chi connectivity index (χ0n) is 12.4. The van der Waals surface area contributed by atoms with Crippen LogP contribution in [-0.2, 0) is 6.61 Å². The van der Waals surface area contributed by atoms with Crippen molar-refractivity contribution in [1.29, 1.82) is 0 Å². The first-order valence-corrected chi connectivity index (χ1v) is 6.85. The summed E-state index contributed by atoms with van der Waals surface area (Å²) in [5, 5.41) is 8.33. The van der Waals surface area contributed by atoms with E-state index in [1.807, 2.05) is 42.6 Å². The SMILES string of the molecule is Cc1cc2nnc(COc3cccc(C)c3C)n2cc1N. The van der Waals surface area contributed by atoms with Crippen molar-refractivity contribution in [2.75, 3.05) is 5.73 Å². The first kappa shape index (κ1) is 13.4. The van der Waals surface area contributed by atoms with Gasteiger partial charge in [-0.25, -0.2) is 0 Å². The number of nitrogen functional groups attached to an aromatic ring is 1. The van der Waals surface area contributed by atoms with Gasteiger partial charge in [-0.1, -0.05) is 12.1 Å². The third kappa shape index (κ3) is 2.42. The second kappa shape index (κ2) is 5.09. The van der Waals surface area contributed by atoms with Gasteiger partial charge in [0, 0.05) is 6.20 Å². The Bertz CT molecular complexity index is 807. The van der Waals surface area contributed by atoms with Crippen LogP contribution in [0.15, 0.2) is 30.5 Å². The fraction of sp³-hybridized carbons (Fsp3) is 0.250. The summed E-state index contributed by atoms with van der Waals surface area (Å²) in [5.74, 6) is 1.60. The molecule has 0 fully saturated rings. The number of nitrogens with zero attached hydrogens (tertiary/aromatic N) is 3. The molecule has 2 heterocycles. The van der Waals surface area contributed by atoms with E-state index in [2.05, 4.69) is 23.2 Å². The van der Waals surface area contributed by atoms with Crippen LogP contribution in [0.4, 0.5) is 5.69 Å². The smallest absolute Gasteiger partial charge is 0.175 e. The fourth-order valence-corrected chi connectivity index (χ4v) is 2.22. The van der Waals surface area contributed by atoms with Crippen molar-refractivity contribution >= 4 is 11.3 Å². The van der Waals surface area contributed by atoms with Crippen molar-refractivity contribution in [2.24, 2.45) is 0 Å². The molecule has 21 heavy (non-hydrogen) atoms. The Morgan fingerprint density at radius 1 is 1.14 bits per heavy atom. The van der Waals surface area contributed by atoms with Gasteiger partial charge >= 0.3 is 0 Å². The monoisotopic (exact) mass is 282 g/mol. The van der Waals surface area contributed by atoms with Crippen LogP contribution >= 0.6 is 0 Å². The van der Waals surface area contributed by atoms with E-state index in [1.165, 1.54) is 5.56 Å². The summed E-state index contributed by atoms with van der Waals surface area (Å²) in [6, 6.07) is 7.94. The summed E-state index contributed by atoms with van der Waals surface area (Å²) < 4.78 is 7.74. The Morgan fingerprint density at radius 3 is 2.76 bits per heavy atom. The molecule has 3 rings (SSSR count). The Kier molecular flexibility index (Phi) is 3.25. The Morgan fingerprint density at radius 2 is 1.95 bits per heavy atom. The Hall–Kier alpha value is -2.56. The molecule has 0 radical (unpaired) electrons. The maximum atomic E-state index is 5.95. The van der Waals surface area contributed by atoms with E-state index in [1.54, 1.807) is 0 Å². The van der Waals surface area contributed by atoms with E-state index < -0.39 is 0 Å². The molecule has 108 valence electrons. The molecule has 2 aromatic heterocycles. The van der Waals surface area contributed by atoms with Crippen LogP contribution in [0.25, 0.3) is 5.65 Å². The molecule has 0 saturated heterocycles. The number of anilines is 1. The van der Waals surface area contributed by atoms with Crippen molar-refractivity contribution in [3.8, 4) is 5.75 Å². The van der Waals surface area contributed by atoms with Gasteiger partial charge in [0.05, 0.1) is 5.69 Å². The van der Waals surface area contributed by atoms with Gasteiger partial charge in [0.15, 0.2) is 11.5 Å². The van der Waals surface area contributed by atoms with Crippen molar-refractivity contribution in [2.45, 2.75) is 27.4 Å². The average Bonchev–Trinajstić information content (AvgIpc) is 2.83. The van der Waals surface area contributed by atoms with Gasteiger partial charge in [0.1, 0.15) is 12.4 Å². The number of rotatable bonds is 3. The molecule has 3 aromatic rings. The summed E-state index contributed by atoms with van der Waals surface area (Å²) >= 11 is 0. The number of pyridine rings is 1. The normalized spacial score (nSPS) is 11.0. The molecule has 0 saturated carbocycles. The van der Waals surface area contributed by atoms with E-state index in [9.17, 15) is 0 Å². The van der Waals surface area contributed by atoms with E-state index >= 15 is 0 Å². The van der Waals surface area contributed by atoms with E-state index in [4.69, 9.17) is 10.5 Å². The number of ether oxygens (including phenoxy) is 1. The molecular weight excluding hydrogens is 264 g/mol. The third-order valence-electron chi connectivity index (χ3n) is 3.77. The Labute approximate surface area is 123 Å². The van der Waals surface area contributed by atoms with Gasteiger partial charge in [-0.15, -0.1) is 10.2 Å². The zero-order valence-corrected chi connectivity index (χ0v) is 12.4. The number of aryl methyl sites for hydroxylation is 2. The van der Waals surface area contributed by atoms with Gasteiger partial charge in [-0.3, -0.25) is 4.40 Å². The van der Waals surface area contributed by atoms with Crippen molar-refractivity contribution in [3.63, 3.8) is 0 Å². The highest BCUT2D eigenvalue weighted by Gasteiger charge is 2.09. The number of fused-ring (bicyclic) bond motifs is 1. The van der Waals surface area contributed by atoms with Crippen LogP contribution in [0, 0.1) is 20.8 Å². The molecule has 0 spiro atoms. The molecular formula is C16H18N4O. The number of nitrogens with two attached hydrogens (primary N) is 1. The maximum absolute atomic E-state index is 5.95. The van der Waals surface area contributed by atoms with Crippen LogP contribution in [0.2, 0.25) is 0 Å². The fourth-order valence-electron chi connectivity index (χ4n) is 2.22. The minimum absolute atomic E-state index is 0.355. The first-order valence-electron chi connectivity index (χ1n) is 6.85. The zero-order chi connectivity index (χ0) is 15.0. The Balaban J connectivity index is 1.89. The topological polar surface area (TPSA) is 65.4 Å². The largest absolute Gasteiger partial charge is 0.485 e. The van der Waals surface area contributed by atoms with Gasteiger partial charge < -0.3 is 10.5 Å². The predicted octanol–water partition coefficient (Wildman–Crippen LogP) is 2.82. The minimum Gasteiger partial charge on any atom is -0.485 e. The summed E-state index contributed by atoms with van der Waals surface area (Å²) in [6.45, 7) is 6.43. The standard InChI is InChI=1S/C16H18N4O/c1-10-5-4-6-14(12(10)3)21-9-16-19-18-15-7-11(2)13(17)8-20(15)16/h4-8H,9,17H2,1-3H3. The van der Waals surface area contributed by atoms with Crippen LogP contribution in [0.5, 0.6) is 5.75 Å².